The largest absolute Gasteiger partial charge is 0.357 e. The van der Waals surface area contributed by atoms with E-state index in [-0.39, 0.29) is 12.5 Å². The first-order valence-corrected chi connectivity index (χ1v) is 6.89. The van der Waals surface area contributed by atoms with Gasteiger partial charge in [0, 0.05) is 13.1 Å². The molecule has 0 aromatic carbocycles. The zero-order valence-electron chi connectivity index (χ0n) is 11.4. The second-order valence-electron chi connectivity index (χ2n) is 5.06. The fraction of sp³-hybridized carbons (Fsp3) is 0.571. The van der Waals surface area contributed by atoms with Crippen LogP contribution < -0.4 is 16.0 Å². The summed E-state index contributed by atoms with van der Waals surface area (Å²) in [6.07, 6.45) is 8.12. The summed E-state index contributed by atoms with van der Waals surface area (Å²) >= 11 is 0. The minimum absolute atomic E-state index is 0.0102. The first-order valence-electron chi connectivity index (χ1n) is 6.89. The number of amides is 1. The molecule has 104 valence electrons. The van der Waals surface area contributed by atoms with Crippen LogP contribution in [0.3, 0.4) is 0 Å². The maximum atomic E-state index is 11.2. The van der Waals surface area contributed by atoms with E-state index < -0.39 is 0 Å². The third-order valence-electron chi connectivity index (χ3n) is 3.70. The highest BCUT2D eigenvalue weighted by Crippen LogP contribution is 2.25. The molecule has 0 bridgehead atoms. The number of hydrogen-bond acceptors (Lipinski definition) is 4. The zero-order valence-corrected chi connectivity index (χ0v) is 11.4. The van der Waals surface area contributed by atoms with Crippen molar-refractivity contribution >= 4 is 17.4 Å². The minimum atomic E-state index is -0.199. The van der Waals surface area contributed by atoms with Gasteiger partial charge in [0.25, 0.3) is 0 Å². The number of pyridine rings is 1. The van der Waals surface area contributed by atoms with Crippen molar-refractivity contribution in [3.05, 3.63) is 18.3 Å². The Kier molecular flexibility index (Phi) is 4.74. The van der Waals surface area contributed by atoms with E-state index in [0.29, 0.717) is 11.7 Å². The quantitative estimate of drug-likeness (QED) is 0.867. The highest BCUT2D eigenvalue weighted by molar-refractivity contribution is 5.91. The molecule has 1 aromatic heterocycles. The van der Waals surface area contributed by atoms with Crippen molar-refractivity contribution in [2.75, 3.05) is 23.8 Å². The number of hydrogen-bond donors (Lipinski definition) is 2. The van der Waals surface area contributed by atoms with Gasteiger partial charge in [0.2, 0.25) is 5.91 Å². The molecule has 1 aromatic rings. The topological polar surface area (TPSA) is 71.2 Å². The van der Waals surface area contributed by atoms with E-state index in [1.54, 1.807) is 6.20 Å². The number of anilines is 2. The summed E-state index contributed by atoms with van der Waals surface area (Å²) in [4.78, 5) is 17.8. The lowest BCUT2D eigenvalue weighted by atomic mass is 9.94. The van der Waals surface area contributed by atoms with E-state index in [2.05, 4.69) is 22.2 Å². The molecule has 0 atom stereocenters. The monoisotopic (exact) mass is 262 g/mol. The molecule has 2 rings (SSSR count). The third-order valence-corrected chi connectivity index (χ3v) is 3.70. The van der Waals surface area contributed by atoms with E-state index in [4.69, 9.17) is 5.73 Å². The van der Waals surface area contributed by atoms with Crippen molar-refractivity contribution in [1.82, 2.24) is 4.98 Å². The van der Waals surface area contributed by atoms with Crippen molar-refractivity contribution in [3.8, 4) is 0 Å². The molecule has 0 spiro atoms. The van der Waals surface area contributed by atoms with Gasteiger partial charge >= 0.3 is 0 Å². The van der Waals surface area contributed by atoms with E-state index in [9.17, 15) is 4.79 Å². The summed E-state index contributed by atoms with van der Waals surface area (Å²) in [6, 6.07) is 4.40. The Morgan fingerprint density at radius 2 is 2.16 bits per heavy atom. The summed E-state index contributed by atoms with van der Waals surface area (Å²) in [5.41, 5.74) is 5.95. The van der Waals surface area contributed by atoms with Crippen LogP contribution in [0.2, 0.25) is 0 Å². The Morgan fingerprint density at radius 3 is 2.74 bits per heavy atom. The molecule has 3 N–H and O–H groups in total. The van der Waals surface area contributed by atoms with Crippen LogP contribution in [0.25, 0.3) is 0 Å². The van der Waals surface area contributed by atoms with Crippen LogP contribution in [0.4, 0.5) is 11.5 Å². The number of carbonyl (C=O) groups is 1. The summed E-state index contributed by atoms with van der Waals surface area (Å²) in [6.45, 7) is -0.0102. The second kappa shape index (κ2) is 6.52. The van der Waals surface area contributed by atoms with Gasteiger partial charge in [-0.2, -0.15) is 0 Å². The number of nitrogens with two attached hydrogens (primary N) is 1. The molecule has 1 fully saturated rings. The first kappa shape index (κ1) is 13.8. The van der Waals surface area contributed by atoms with Gasteiger partial charge in [-0.05, 0) is 25.0 Å². The van der Waals surface area contributed by atoms with E-state index >= 15 is 0 Å². The minimum Gasteiger partial charge on any atom is -0.357 e. The lowest BCUT2D eigenvalue weighted by molar-refractivity contribution is -0.114. The van der Waals surface area contributed by atoms with Gasteiger partial charge in [0.15, 0.2) is 0 Å². The Morgan fingerprint density at radius 1 is 1.42 bits per heavy atom. The lowest BCUT2D eigenvalue weighted by Gasteiger charge is -2.32. The number of nitrogens with one attached hydrogen (secondary N) is 1. The van der Waals surface area contributed by atoms with Gasteiger partial charge in [-0.25, -0.2) is 4.98 Å². The Bertz CT molecular complexity index is 412. The first-order chi connectivity index (χ1) is 9.20. The van der Waals surface area contributed by atoms with Gasteiger partial charge in [0.05, 0.1) is 18.4 Å². The smallest absolute Gasteiger partial charge is 0.238 e. The number of nitrogens with zero attached hydrogens (tertiary/aromatic N) is 2. The summed E-state index contributed by atoms with van der Waals surface area (Å²) in [7, 11) is 2.09. The molecule has 5 nitrogen and oxygen atoms in total. The SMILES string of the molecule is CN(c1ccc(NC(=O)CN)cn1)C1CCCCC1. The maximum Gasteiger partial charge on any atom is 0.238 e. The predicted molar refractivity (Wildman–Crippen MR) is 77.2 cm³/mol. The van der Waals surface area contributed by atoms with Gasteiger partial charge in [-0.3, -0.25) is 4.79 Å². The van der Waals surface area contributed by atoms with Crippen molar-refractivity contribution in [3.63, 3.8) is 0 Å². The molecule has 1 aliphatic carbocycles. The van der Waals surface area contributed by atoms with Crippen LogP contribution in [0.15, 0.2) is 18.3 Å². The van der Waals surface area contributed by atoms with Crippen LogP contribution in [-0.2, 0) is 4.79 Å². The molecule has 1 aliphatic rings. The second-order valence-corrected chi connectivity index (χ2v) is 5.06. The van der Waals surface area contributed by atoms with E-state index in [1.165, 1.54) is 32.1 Å². The highest BCUT2D eigenvalue weighted by atomic mass is 16.1. The summed E-state index contributed by atoms with van der Waals surface area (Å²) in [5, 5.41) is 2.69. The van der Waals surface area contributed by atoms with Crippen LogP contribution in [-0.4, -0.2) is 30.5 Å². The molecule has 1 heterocycles. The van der Waals surface area contributed by atoms with Crippen molar-refractivity contribution in [1.29, 1.82) is 0 Å². The van der Waals surface area contributed by atoms with Gasteiger partial charge in [-0.15, -0.1) is 0 Å². The Balaban J connectivity index is 1.98. The Hall–Kier alpha value is -1.62. The number of rotatable bonds is 4. The zero-order chi connectivity index (χ0) is 13.7. The molecule has 0 aliphatic heterocycles. The van der Waals surface area contributed by atoms with Crippen LogP contribution in [0.5, 0.6) is 0 Å². The standard InChI is InChI=1S/C14H22N4O/c1-18(12-5-3-2-4-6-12)13-8-7-11(10-16-13)17-14(19)9-15/h7-8,10,12H,2-6,9,15H2,1H3,(H,17,19). The Labute approximate surface area is 114 Å². The maximum absolute atomic E-state index is 11.2. The average molecular weight is 262 g/mol. The van der Waals surface area contributed by atoms with Crippen molar-refractivity contribution in [2.45, 2.75) is 38.1 Å². The molecule has 1 amide bonds. The number of carbonyl (C=O) groups excluding carboxylic acids is 1. The normalized spacial score (nSPS) is 16.1. The van der Waals surface area contributed by atoms with Crippen LogP contribution in [0, 0.1) is 0 Å². The fourth-order valence-electron chi connectivity index (χ4n) is 2.54. The number of aromatic nitrogens is 1. The molecule has 1 saturated carbocycles. The van der Waals surface area contributed by atoms with Crippen LogP contribution in [0.1, 0.15) is 32.1 Å². The van der Waals surface area contributed by atoms with E-state index in [0.717, 1.165) is 5.82 Å². The highest BCUT2D eigenvalue weighted by Gasteiger charge is 2.18. The molecule has 0 radical (unpaired) electrons. The predicted octanol–water partition coefficient (Wildman–Crippen LogP) is 1.75. The average Bonchev–Trinajstić information content (AvgIpc) is 2.48. The molecule has 5 heteroatoms. The fourth-order valence-corrected chi connectivity index (χ4v) is 2.54. The third kappa shape index (κ3) is 3.67. The van der Waals surface area contributed by atoms with Crippen molar-refractivity contribution in [2.24, 2.45) is 5.73 Å². The van der Waals surface area contributed by atoms with Crippen LogP contribution >= 0.6 is 0 Å². The molecular formula is C14H22N4O. The lowest BCUT2D eigenvalue weighted by Crippen LogP contribution is -2.33. The summed E-state index contributed by atoms with van der Waals surface area (Å²) < 4.78 is 0. The van der Waals surface area contributed by atoms with Gasteiger partial charge < -0.3 is 16.0 Å². The molecule has 0 saturated heterocycles. The van der Waals surface area contributed by atoms with Crippen molar-refractivity contribution < 1.29 is 4.79 Å². The molecule has 19 heavy (non-hydrogen) atoms. The van der Waals surface area contributed by atoms with Gasteiger partial charge in [-0.1, -0.05) is 19.3 Å². The molecular weight excluding hydrogens is 240 g/mol. The summed E-state index contributed by atoms with van der Waals surface area (Å²) in [5.74, 6) is 0.757. The van der Waals surface area contributed by atoms with Gasteiger partial charge in [0.1, 0.15) is 5.82 Å². The van der Waals surface area contributed by atoms with E-state index in [1.807, 2.05) is 12.1 Å². The molecule has 0 unspecified atom stereocenters.